The third-order valence-corrected chi connectivity index (χ3v) is 1.58. The van der Waals surface area contributed by atoms with Crippen molar-refractivity contribution in [1.82, 2.24) is 5.32 Å². The van der Waals surface area contributed by atoms with Crippen LogP contribution in [-0.2, 0) is 14.3 Å². The second-order valence-electron chi connectivity index (χ2n) is 4.15. The summed E-state index contributed by atoms with van der Waals surface area (Å²) >= 11 is 0. The molecule has 1 amide bonds. The van der Waals surface area contributed by atoms with Gasteiger partial charge >= 0.3 is 5.97 Å². The number of rotatable bonds is 4. The first-order valence-corrected chi connectivity index (χ1v) is 4.57. The fourth-order valence-corrected chi connectivity index (χ4v) is 0.950. The molecule has 1 atom stereocenters. The first kappa shape index (κ1) is 13.6. The fraction of sp³-hybridized carbons (Fsp3) is 0.600. The summed E-state index contributed by atoms with van der Waals surface area (Å²) in [4.78, 5) is 22.4. The molecule has 0 saturated carbocycles. The Labute approximate surface area is 89.7 Å². The van der Waals surface area contributed by atoms with Crippen LogP contribution in [0.1, 0.15) is 20.8 Å². The SMILES string of the molecule is C=C(C(=O)OC(C)(C)C)[C@@H](NC)C(N)=O. The molecule has 5 nitrogen and oxygen atoms in total. The molecule has 0 unspecified atom stereocenters. The van der Waals surface area contributed by atoms with Gasteiger partial charge in [-0.2, -0.15) is 0 Å². The van der Waals surface area contributed by atoms with Crippen LogP contribution in [0.5, 0.6) is 0 Å². The maximum Gasteiger partial charge on any atom is 0.336 e. The van der Waals surface area contributed by atoms with Gasteiger partial charge in [0.1, 0.15) is 11.6 Å². The van der Waals surface area contributed by atoms with Crippen LogP contribution in [0.3, 0.4) is 0 Å². The average Bonchev–Trinajstić information content (AvgIpc) is 2.01. The lowest BCUT2D eigenvalue weighted by Crippen LogP contribution is -2.43. The van der Waals surface area contributed by atoms with Gasteiger partial charge in [-0.1, -0.05) is 6.58 Å². The van der Waals surface area contributed by atoms with Gasteiger partial charge in [0.05, 0.1) is 5.57 Å². The van der Waals surface area contributed by atoms with Crippen molar-refractivity contribution in [3.8, 4) is 0 Å². The largest absolute Gasteiger partial charge is 0.457 e. The summed E-state index contributed by atoms with van der Waals surface area (Å²) in [5.74, 6) is -1.28. The molecule has 0 fully saturated rings. The normalized spacial score (nSPS) is 13.1. The second kappa shape index (κ2) is 4.93. The third kappa shape index (κ3) is 4.60. The Bertz CT molecular complexity index is 279. The number of hydrogen-bond acceptors (Lipinski definition) is 4. The van der Waals surface area contributed by atoms with Gasteiger partial charge < -0.3 is 15.8 Å². The van der Waals surface area contributed by atoms with Gasteiger partial charge in [-0.25, -0.2) is 4.79 Å². The molecule has 0 heterocycles. The van der Waals surface area contributed by atoms with Gasteiger partial charge in [0.15, 0.2) is 0 Å². The van der Waals surface area contributed by atoms with E-state index in [0.29, 0.717) is 0 Å². The molecule has 0 aromatic rings. The molecule has 0 aromatic carbocycles. The number of esters is 1. The monoisotopic (exact) mass is 214 g/mol. The van der Waals surface area contributed by atoms with E-state index in [1.54, 1.807) is 20.8 Å². The molecule has 3 N–H and O–H groups in total. The Kier molecular flexibility index (Phi) is 4.48. The molecule has 15 heavy (non-hydrogen) atoms. The first-order valence-electron chi connectivity index (χ1n) is 4.57. The number of nitrogens with one attached hydrogen (secondary N) is 1. The zero-order chi connectivity index (χ0) is 12.2. The van der Waals surface area contributed by atoms with Gasteiger partial charge in [0.25, 0.3) is 0 Å². The molecule has 5 heteroatoms. The molecule has 86 valence electrons. The molecule has 0 saturated heterocycles. The number of likely N-dealkylation sites (N-methyl/N-ethyl adjacent to an activating group) is 1. The highest BCUT2D eigenvalue weighted by atomic mass is 16.6. The molecule has 0 spiro atoms. The zero-order valence-electron chi connectivity index (χ0n) is 9.59. The summed E-state index contributed by atoms with van der Waals surface area (Å²) in [6.07, 6.45) is 0. The molecule has 0 radical (unpaired) electrons. The predicted molar refractivity (Wildman–Crippen MR) is 57.0 cm³/mol. The van der Waals surface area contributed by atoms with Crippen LogP contribution < -0.4 is 11.1 Å². The lowest BCUT2D eigenvalue weighted by atomic mass is 10.1. The van der Waals surface area contributed by atoms with Crippen LogP contribution in [0.15, 0.2) is 12.2 Å². The number of ether oxygens (including phenoxy) is 1. The van der Waals surface area contributed by atoms with E-state index < -0.39 is 23.5 Å². The number of amides is 1. The minimum Gasteiger partial charge on any atom is -0.457 e. The highest BCUT2D eigenvalue weighted by Gasteiger charge is 2.26. The van der Waals surface area contributed by atoms with Crippen molar-refractivity contribution in [2.45, 2.75) is 32.4 Å². The number of nitrogens with two attached hydrogens (primary N) is 1. The Morgan fingerprint density at radius 1 is 1.40 bits per heavy atom. The summed E-state index contributed by atoms with van der Waals surface area (Å²) in [5, 5.41) is 2.59. The number of carbonyl (C=O) groups excluding carboxylic acids is 2. The maximum atomic E-state index is 11.5. The van der Waals surface area contributed by atoms with E-state index in [4.69, 9.17) is 10.5 Å². The van der Waals surface area contributed by atoms with Crippen LogP contribution in [0.2, 0.25) is 0 Å². The Balaban J connectivity index is 4.57. The molecule has 0 aromatic heterocycles. The van der Waals surface area contributed by atoms with Crippen molar-refractivity contribution < 1.29 is 14.3 Å². The van der Waals surface area contributed by atoms with Crippen molar-refractivity contribution >= 4 is 11.9 Å². The van der Waals surface area contributed by atoms with Gasteiger partial charge in [0.2, 0.25) is 5.91 Å². The molecule has 0 aliphatic heterocycles. The first-order chi connectivity index (χ1) is 6.69. The lowest BCUT2D eigenvalue weighted by Gasteiger charge is -2.22. The van der Waals surface area contributed by atoms with E-state index in [-0.39, 0.29) is 5.57 Å². The molecular weight excluding hydrogens is 196 g/mol. The summed E-state index contributed by atoms with van der Waals surface area (Å²) in [5.41, 5.74) is 4.48. The minimum atomic E-state index is -0.889. The minimum absolute atomic E-state index is 0.0138. The molecule has 0 bridgehead atoms. The predicted octanol–water partition coefficient (Wildman–Crippen LogP) is -0.0424. The van der Waals surface area contributed by atoms with Crippen molar-refractivity contribution in [2.75, 3.05) is 7.05 Å². The standard InChI is InChI=1S/C10H18N2O3/c1-6(7(12-5)8(11)13)9(14)15-10(2,3)4/h7,12H,1H2,2-5H3,(H2,11,13)/t7-/m1/s1. The van der Waals surface area contributed by atoms with E-state index in [9.17, 15) is 9.59 Å². The Hall–Kier alpha value is -1.36. The molecular formula is C10H18N2O3. The Morgan fingerprint density at radius 3 is 2.13 bits per heavy atom. The fourth-order valence-electron chi connectivity index (χ4n) is 0.950. The topological polar surface area (TPSA) is 81.4 Å². The van der Waals surface area contributed by atoms with E-state index >= 15 is 0 Å². The maximum absolute atomic E-state index is 11.5. The third-order valence-electron chi connectivity index (χ3n) is 1.58. The van der Waals surface area contributed by atoms with Crippen LogP contribution in [0.25, 0.3) is 0 Å². The number of hydrogen-bond donors (Lipinski definition) is 2. The quantitative estimate of drug-likeness (QED) is 0.508. The van der Waals surface area contributed by atoms with E-state index in [1.807, 2.05) is 0 Å². The number of primary amides is 1. The highest BCUT2D eigenvalue weighted by molar-refractivity contribution is 5.98. The molecule has 0 aliphatic carbocycles. The van der Waals surface area contributed by atoms with Crippen molar-refractivity contribution in [3.05, 3.63) is 12.2 Å². The van der Waals surface area contributed by atoms with Crippen LogP contribution >= 0.6 is 0 Å². The van der Waals surface area contributed by atoms with Crippen molar-refractivity contribution in [2.24, 2.45) is 5.73 Å². The number of carbonyl (C=O) groups is 2. The van der Waals surface area contributed by atoms with E-state index in [2.05, 4.69) is 11.9 Å². The summed E-state index contributed by atoms with van der Waals surface area (Å²) in [6.45, 7) is 8.69. The van der Waals surface area contributed by atoms with Crippen LogP contribution in [0.4, 0.5) is 0 Å². The lowest BCUT2D eigenvalue weighted by molar-refractivity contribution is -0.150. The smallest absolute Gasteiger partial charge is 0.336 e. The van der Waals surface area contributed by atoms with Gasteiger partial charge in [-0.05, 0) is 27.8 Å². The van der Waals surface area contributed by atoms with Crippen LogP contribution in [-0.4, -0.2) is 30.6 Å². The van der Waals surface area contributed by atoms with Gasteiger partial charge in [0, 0.05) is 0 Å². The summed E-state index contributed by atoms with van der Waals surface area (Å²) in [7, 11) is 1.52. The van der Waals surface area contributed by atoms with Crippen LogP contribution in [0, 0.1) is 0 Å². The van der Waals surface area contributed by atoms with Crippen molar-refractivity contribution in [1.29, 1.82) is 0 Å². The average molecular weight is 214 g/mol. The molecule has 0 rings (SSSR count). The summed E-state index contributed by atoms with van der Waals surface area (Å²) in [6, 6.07) is -0.889. The highest BCUT2D eigenvalue weighted by Crippen LogP contribution is 2.11. The van der Waals surface area contributed by atoms with Gasteiger partial charge in [-0.3, -0.25) is 4.79 Å². The zero-order valence-corrected chi connectivity index (χ0v) is 9.59. The van der Waals surface area contributed by atoms with E-state index in [0.717, 1.165) is 0 Å². The molecule has 0 aliphatic rings. The van der Waals surface area contributed by atoms with E-state index in [1.165, 1.54) is 7.05 Å². The van der Waals surface area contributed by atoms with Crippen molar-refractivity contribution in [3.63, 3.8) is 0 Å². The van der Waals surface area contributed by atoms with Gasteiger partial charge in [-0.15, -0.1) is 0 Å². The second-order valence-corrected chi connectivity index (χ2v) is 4.15. The summed E-state index contributed by atoms with van der Waals surface area (Å²) < 4.78 is 5.05. The Morgan fingerprint density at radius 2 is 1.87 bits per heavy atom.